The lowest BCUT2D eigenvalue weighted by molar-refractivity contribution is -0.132. The first kappa shape index (κ1) is 16.7. The van der Waals surface area contributed by atoms with E-state index in [9.17, 15) is 4.79 Å². The van der Waals surface area contributed by atoms with Gasteiger partial charge in [0.25, 0.3) is 0 Å². The Balaban J connectivity index is 1.89. The van der Waals surface area contributed by atoms with Crippen molar-refractivity contribution in [2.24, 2.45) is 5.73 Å². The molecule has 1 saturated carbocycles. The molecule has 2 rings (SSSR count). The first-order chi connectivity index (χ1) is 10.1. The molecular weight excluding hydrogens is 268 g/mol. The van der Waals surface area contributed by atoms with Gasteiger partial charge in [0.05, 0.1) is 11.1 Å². The minimum absolute atomic E-state index is 0.0455. The zero-order chi connectivity index (χ0) is 15.2. The summed E-state index contributed by atoms with van der Waals surface area (Å²) in [4.78, 5) is 12.4. The predicted octanol–water partition coefficient (Wildman–Crippen LogP) is 1.74. The van der Waals surface area contributed by atoms with Gasteiger partial charge in [0, 0.05) is 26.4 Å². The Labute approximate surface area is 127 Å². The number of rotatable bonds is 6. The number of hydrogen-bond acceptors (Lipinski definition) is 4. The summed E-state index contributed by atoms with van der Waals surface area (Å²) in [5.41, 5.74) is 5.29. The maximum atomic E-state index is 12.4. The summed E-state index contributed by atoms with van der Waals surface area (Å²) < 4.78 is 11.4. The molecule has 3 N–H and O–H groups in total. The van der Waals surface area contributed by atoms with Gasteiger partial charge in [-0.2, -0.15) is 0 Å². The largest absolute Gasteiger partial charge is 0.381 e. The fourth-order valence-electron chi connectivity index (χ4n) is 3.27. The SMILES string of the molecule is CCCOC1(CNC(=O)C2(N)CCOCC2)CCCCC1. The summed E-state index contributed by atoms with van der Waals surface area (Å²) >= 11 is 0. The van der Waals surface area contributed by atoms with E-state index in [0.29, 0.717) is 32.6 Å². The molecule has 0 aromatic carbocycles. The number of ether oxygens (including phenoxy) is 2. The van der Waals surface area contributed by atoms with Crippen LogP contribution in [0, 0.1) is 0 Å². The highest BCUT2D eigenvalue weighted by Crippen LogP contribution is 2.31. The first-order valence-electron chi connectivity index (χ1n) is 8.39. The van der Waals surface area contributed by atoms with E-state index in [2.05, 4.69) is 12.2 Å². The van der Waals surface area contributed by atoms with Gasteiger partial charge in [-0.15, -0.1) is 0 Å². The van der Waals surface area contributed by atoms with Crippen LogP contribution >= 0.6 is 0 Å². The molecule has 1 heterocycles. The molecule has 0 radical (unpaired) electrons. The van der Waals surface area contributed by atoms with Crippen LogP contribution in [0.25, 0.3) is 0 Å². The van der Waals surface area contributed by atoms with Crippen LogP contribution < -0.4 is 11.1 Å². The third-order valence-corrected chi connectivity index (χ3v) is 4.79. The van der Waals surface area contributed by atoms with Crippen molar-refractivity contribution in [1.82, 2.24) is 5.32 Å². The normalized spacial score (nSPS) is 24.5. The van der Waals surface area contributed by atoms with Crippen LogP contribution in [0.5, 0.6) is 0 Å². The Morgan fingerprint density at radius 3 is 2.48 bits per heavy atom. The third kappa shape index (κ3) is 4.41. The van der Waals surface area contributed by atoms with Crippen LogP contribution in [0.3, 0.4) is 0 Å². The van der Waals surface area contributed by atoms with Crippen molar-refractivity contribution in [3.8, 4) is 0 Å². The van der Waals surface area contributed by atoms with Crippen LogP contribution in [0.1, 0.15) is 58.3 Å². The highest BCUT2D eigenvalue weighted by atomic mass is 16.5. The van der Waals surface area contributed by atoms with Gasteiger partial charge in [0.15, 0.2) is 0 Å². The van der Waals surface area contributed by atoms with E-state index < -0.39 is 5.54 Å². The maximum absolute atomic E-state index is 12.4. The number of hydrogen-bond donors (Lipinski definition) is 2. The molecule has 2 fully saturated rings. The van der Waals surface area contributed by atoms with Crippen LogP contribution in [0.15, 0.2) is 0 Å². The van der Waals surface area contributed by atoms with E-state index in [1.165, 1.54) is 19.3 Å². The third-order valence-electron chi connectivity index (χ3n) is 4.79. The van der Waals surface area contributed by atoms with Crippen molar-refractivity contribution in [3.05, 3.63) is 0 Å². The van der Waals surface area contributed by atoms with Gasteiger partial charge in [-0.05, 0) is 32.1 Å². The molecule has 1 aliphatic heterocycles. The molecule has 0 spiro atoms. The molecule has 0 atom stereocenters. The average molecular weight is 298 g/mol. The summed E-state index contributed by atoms with van der Waals surface area (Å²) in [6.45, 7) is 4.61. The summed E-state index contributed by atoms with van der Waals surface area (Å²) in [6, 6.07) is 0. The molecule has 2 aliphatic rings. The average Bonchev–Trinajstić information content (AvgIpc) is 2.52. The first-order valence-corrected chi connectivity index (χ1v) is 8.39. The van der Waals surface area contributed by atoms with Crippen molar-refractivity contribution in [1.29, 1.82) is 0 Å². The van der Waals surface area contributed by atoms with Crippen molar-refractivity contribution >= 4 is 5.91 Å². The molecular formula is C16H30N2O3. The van der Waals surface area contributed by atoms with Gasteiger partial charge < -0.3 is 20.5 Å². The van der Waals surface area contributed by atoms with Gasteiger partial charge in [-0.3, -0.25) is 4.79 Å². The van der Waals surface area contributed by atoms with Crippen molar-refractivity contribution in [2.75, 3.05) is 26.4 Å². The Morgan fingerprint density at radius 1 is 1.19 bits per heavy atom. The highest BCUT2D eigenvalue weighted by Gasteiger charge is 2.38. The monoisotopic (exact) mass is 298 g/mol. The quantitative estimate of drug-likeness (QED) is 0.783. The van der Waals surface area contributed by atoms with Crippen LogP contribution in [0.4, 0.5) is 0 Å². The smallest absolute Gasteiger partial charge is 0.240 e. The molecule has 5 heteroatoms. The van der Waals surface area contributed by atoms with Crippen molar-refractivity contribution in [3.63, 3.8) is 0 Å². The second-order valence-electron chi connectivity index (χ2n) is 6.54. The zero-order valence-electron chi connectivity index (χ0n) is 13.3. The molecule has 0 unspecified atom stereocenters. The minimum atomic E-state index is -0.765. The minimum Gasteiger partial charge on any atom is -0.381 e. The zero-order valence-corrected chi connectivity index (χ0v) is 13.3. The van der Waals surface area contributed by atoms with Gasteiger partial charge in [0.2, 0.25) is 5.91 Å². The number of amides is 1. The van der Waals surface area contributed by atoms with Crippen molar-refractivity contribution < 1.29 is 14.3 Å². The van der Waals surface area contributed by atoms with Crippen molar-refractivity contribution in [2.45, 2.75) is 69.4 Å². The van der Waals surface area contributed by atoms with Crippen LogP contribution in [-0.4, -0.2) is 43.4 Å². The molecule has 5 nitrogen and oxygen atoms in total. The lowest BCUT2D eigenvalue weighted by Gasteiger charge is -2.39. The van der Waals surface area contributed by atoms with Crippen LogP contribution in [-0.2, 0) is 14.3 Å². The molecule has 1 saturated heterocycles. The molecule has 0 bridgehead atoms. The van der Waals surface area contributed by atoms with E-state index in [1.54, 1.807) is 0 Å². The summed E-state index contributed by atoms with van der Waals surface area (Å²) in [7, 11) is 0. The maximum Gasteiger partial charge on any atom is 0.240 e. The number of nitrogens with two attached hydrogens (primary N) is 1. The van der Waals surface area contributed by atoms with Gasteiger partial charge in [-0.25, -0.2) is 0 Å². The van der Waals surface area contributed by atoms with Crippen LogP contribution in [0.2, 0.25) is 0 Å². The van der Waals surface area contributed by atoms with Gasteiger partial charge in [-0.1, -0.05) is 26.2 Å². The van der Waals surface area contributed by atoms with E-state index >= 15 is 0 Å². The van der Waals surface area contributed by atoms with E-state index in [1.807, 2.05) is 0 Å². The van der Waals surface area contributed by atoms with E-state index in [4.69, 9.17) is 15.2 Å². The fourth-order valence-corrected chi connectivity index (χ4v) is 3.27. The molecule has 0 aromatic heterocycles. The predicted molar refractivity (Wildman–Crippen MR) is 82.0 cm³/mol. The van der Waals surface area contributed by atoms with E-state index in [-0.39, 0.29) is 11.5 Å². The molecule has 1 aliphatic carbocycles. The fraction of sp³-hybridized carbons (Fsp3) is 0.938. The second kappa shape index (κ2) is 7.56. The highest BCUT2D eigenvalue weighted by molar-refractivity contribution is 5.86. The lowest BCUT2D eigenvalue weighted by atomic mass is 9.83. The summed E-state index contributed by atoms with van der Waals surface area (Å²) in [6.07, 6.45) is 7.91. The Morgan fingerprint density at radius 2 is 1.86 bits per heavy atom. The molecule has 122 valence electrons. The van der Waals surface area contributed by atoms with Gasteiger partial charge >= 0.3 is 0 Å². The van der Waals surface area contributed by atoms with Gasteiger partial charge in [0.1, 0.15) is 0 Å². The topological polar surface area (TPSA) is 73.6 Å². The standard InChI is InChI=1S/C16H30N2O3/c1-2-10-21-15(6-4-3-5-7-15)13-18-14(19)16(17)8-11-20-12-9-16/h2-13,17H2,1H3,(H,18,19). The molecule has 1 amide bonds. The Hall–Kier alpha value is -0.650. The molecule has 0 aromatic rings. The Bertz CT molecular complexity index is 334. The summed E-state index contributed by atoms with van der Waals surface area (Å²) in [5, 5.41) is 3.07. The number of carbonyl (C=O) groups is 1. The number of nitrogens with one attached hydrogen (secondary N) is 1. The Kier molecular flexibility index (Phi) is 6.02. The molecule has 21 heavy (non-hydrogen) atoms. The van der Waals surface area contributed by atoms with E-state index in [0.717, 1.165) is 25.9 Å². The second-order valence-corrected chi connectivity index (χ2v) is 6.54. The summed E-state index contributed by atoms with van der Waals surface area (Å²) in [5.74, 6) is -0.0455. The number of carbonyl (C=O) groups excluding carboxylic acids is 1. The lowest BCUT2D eigenvalue weighted by Crippen LogP contribution is -2.59.